The lowest BCUT2D eigenvalue weighted by Gasteiger charge is -2.12. The van der Waals surface area contributed by atoms with Gasteiger partial charge in [-0.3, -0.25) is 4.79 Å². The van der Waals surface area contributed by atoms with Crippen molar-refractivity contribution < 1.29 is 9.18 Å². The topological polar surface area (TPSA) is 41.1 Å². The number of hydrogen-bond acceptors (Lipinski definition) is 2. The van der Waals surface area contributed by atoms with Crippen LogP contribution >= 0.6 is 0 Å². The van der Waals surface area contributed by atoms with Crippen LogP contribution in [0.5, 0.6) is 0 Å². The minimum atomic E-state index is -0.425. The first-order valence-electron chi connectivity index (χ1n) is 5.45. The van der Waals surface area contributed by atoms with Crippen molar-refractivity contribution >= 4 is 5.91 Å². The second kappa shape index (κ2) is 4.61. The average Bonchev–Trinajstić information content (AvgIpc) is 2.74. The quantitative estimate of drug-likeness (QED) is 0.790. The van der Waals surface area contributed by atoms with Crippen LogP contribution in [0, 0.1) is 12.7 Å². The van der Waals surface area contributed by atoms with Crippen LogP contribution in [-0.2, 0) is 0 Å². The van der Waals surface area contributed by atoms with Gasteiger partial charge >= 0.3 is 0 Å². The minimum absolute atomic E-state index is 0.118. The molecule has 4 heteroatoms. The van der Waals surface area contributed by atoms with Crippen LogP contribution in [0.25, 0.3) is 0 Å². The molecule has 1 aliphatic heterocycles. The molecule has 0 spiro atoms. The highest BCUT2D eigenvalue weighted by atomic mass is 19.1. The standard InChI is InChI=1S/C12H15FN2O/c1-8-3-2-4-10(11(8)13)12(16)15-9-5-6-14-7-9/h2-4,9,14H,5-7H2,1H3,(H,15,16)/t9-/m0/s1. The van der Waals surface area contributed by atoms with Gasteiger partial charge in [-0.15, -0.1) is 0 Å². The van der Waals surface area contributed by atoms with E-state index in [4.69, 9.17) is 0 Å². The monoisotopic (exact) mass is 222 g/mol. The van der Waals surface area contributed by atoms with E-state index in [1.807, 2.05) is 0 Å². The summed E-state index contributed by atoms with van der Waals surface area (Å²) in [5, 5.41) is 5.97. The molecule has 0 radical (unpaired) electrons. The normalized spacial score (nSPS) is 19.8. The van der Waals surface area contributed by atoms with Crippen LogP contribution in [0.4, 0.5) is 4.39 Å². The Hall–Kier alpha value is -1.42. The number of benzene rings is 1. The summed E-state index contributed by atoms with van der Waals surface area (Å²) in [5.74, 6) is -0.749. The van der Waals surface area contributed by atoms with Crippen LogP contribution in [0.3, 0.4) is 0 Å². The zero-order valence-electron chi connectivity index (χ0n) is 9.22. The van der Waals surface area contributed by atoms with Crippen molar-refractivity contribution in [3.8, 4) is 0 Å². The molecule has 1 saturated heterocycles. The molecular formula is C12H15FN2O. The molecule has 16 heavy (non-hydrogen) atoms. The van der Waals surface area contributed by atoms with Crippen LogP contribution in [0.15, 0.2) is 18.2 Å². The molecule has 1 aliphatic rings. The summed E-state index contributed by atoms with van der Waals surface area (Å²) in [6, 6.07) is 4.98. The number of hydrogen-bond donors (Lipinski definition) is 2. The van der Waals surface area contributed by atoms with Crippen molar-refractivity contribution in [1.82, 2.24) is 10.6 Å². The Balaban J connectivity index is 2.11. The van der Waals surface area contributed by atoms with Crippen LogP contribution in [0.2, 0.25) is 0 Å². The highest BCUT2D eigenvalue weighted by Gasteiger charge is 2.19. The molecule has 0 saturated carbocycles. The van der Waals surface area contributed by atoms with E-state index >= 15 is 0 Å². The third kappa shape index (κ3) is 2.22. The first-order valence-corrected chi connectivity index (χ1v) is 5.45. The number of halogens is 1. The van der Waals surface area contributed by atoms with E-state index in [1.54, 1.807) is 19.1 Å². The summed E-state index contributed by atoms with van der Waals surface area (Å²) in [6.45, 7) is 3.32. The maximum atomic E-state index is 13.6. The van der Waals surface area contributed by atoms with Gasteiger partial charge in [0.15, 0.2) is 0 Å². The van der Waals surface area contributed by atoms with Gasteiger partial charge < -0.3 is 10.6 Å². The molecule has 1 aromatic carbocycles. The van der Waals surface area contributed by atoms with Gasteiger partial charge in [0.25, 0.3) is 5.91 Å². The smallest absolute Gasteiger partial charge is 0.254 e. The van der Waals surface area contributed by atoms with Gasteiger partial charge in [-0.05, 0) is 31.5 Å². The van der Waals surface area contributed by atoms with Crippen molar-refractivity contribution in [2.24, 2.45) is 0 Å². The lowest BCUT2D eigenvalue weighted by molar-refractivity contribution is 0.0936. The predicted molar refractivity (Wildman–Crippen MR) is 59.9 cm³/mol. The minimum Gasteiger partial charge on any atom is -0.348 e. The van der Waals surface area contributed by atoms with Gasteiger partial charge in [0.05, 0.1) is 5.56 Å². The van der Waals surface area contributed by atoms with Crippen molar-refractivity contribution in [2.75, 3.05) is 13.1 Å². The van der Waals surface area contributed by atoms with Gasteiger partial charge in [-0.2, -0.15) is 0 Å². The maximum absolute atomic E-state index is 13.6. The van der Waals surface area contributed by atoms with Crippen LogP contribution < -0.4 is 10.6 Å². The molecule has 1 atom stereocenters. The molecule has 3 nitrogen and oxygen atoms in total. The van der Waals surface area contributed by atoms with E-state index in [-0.39, 0.29) is 17.5 Å². The Morgan fingerprint density at radius 3 is 3.06 bits per heavy atom. The van der Waals surface area contributed by atoms with E-state index in [2.05, 4.69) is 10.6 Å². The molecule has 0 unspecified atom stereocenters. The van der Waals surface area contributed by atoms with Gasteiger partial charge in [-0.1, -0.05) is 12.1 Å². The maximum Gasteiger partial charge on any atom is 0.254 e. The predicted octanol–water partition coefficient (Wildman–Crippen LogP) is 1.23. The first-order chi connectivity index (χ1) is 7.68. The second-order valence-corrected chi connectivity index (χ2v) is 4.10. The molecule has 0 bridgehead atoms. The number of aryl methyl sites for hydroxylation is 1. The van der Waals surface area contributed by atoms with Crippen LogP contribution in [-0.4, -0.2) is 25.0 Å². The summed E-state index contributed by atoms with van der Waals surface area (Å²) >= 11 is 0. The fourth-order valence-electron chi connectivity index (χ4n) is 1.86. The Bertz CT molecular complexity index is 400. The third-order valence-corrected chi connectivity index (χ3v) is 2.83. The SMILES string of the molecule is Cc1cccc(C(=O)N[C@H]2CCNC2)c1F. The lowest BCUT2D eigenvalue weighted by atomic mass is 10.1. The van der Waals surface area contributed by atoms with Crippen molar-refractivity contribution in [3.05, 3.63) is 35.1 Å². The largest absolute Gasteiger partial charge is 0.348 e. The molecule has 1 aromatic rings. The van der Waals surface area contributed by atoms with Gasteiger partial charge in [0.2, 0.25) is 0 Å². The van der Waals surface area contributed by atoms with Gasteiger partial charge in [0, 0.05) is 12.6 Å². The van der Waals surface area contributed by atoms with Crippen molar-refractivity contribution in [3.63, 3.8) is 0 Å². The Morgan fingerprint density at radius 1 is 1.56 bits per heavy atom. The molecular weight excluding hydrogens is 207 g/mol. The summed E-state index contributed by atoms with van der Waals surface area (Å²) in [7, 11) is 0. The molecule has 0 aromatic heterocycles. The zero-order chi connectivity index (χ0) is 11.5. The van der Waals surface area contributed by atoms with E-state index in [0.29, 0.717) is 5.56 Å². The van der Waals surface area contributed by atoms with E-state index < -0.39 is 5.82 Å². The van der Waals surface area contributed by atoms with Crippen molar-refractivity contribution in [2.45, 2.75) is 19.4 Å². The van der Waals surface area contributed by atoms with E-state index in [1.165, 1.54) is 6.07 Å². The highest BCUT2D eigenvalue weighted by molar-refractivity contribution is 5.94. The molecule has 2 N–H and O–H groups in total. The van der Waals surface area contributed by atoms with E-state index in [0.717, 1.165) is 19.5 Å². The Labute approximate surface area is 94.0 Å². The Kier molecular flexibility index (Phi) is 3.19. The summed E-state index contributed by atoms with van der Waals surface area (Å²) in [6.07, 6.45) is 0.902. The molecule has 0 aliphatic carbocycles. The summed E-state index contributed by atoms with van der Waals surface area (Å²) < 4.78 is 13.6. The fraction of sp³-hybridized carbons (Fsp3) is 0.417. The van der Waals surface area contributed by atoms with Crippen LogP contribution in [0.1, 0.15) is 22.3 Å². The molecule has 2 rings (SSSR count). The number of amides is 1. The molecule has 86 valence electrons. The number of rotatable bonds is 2. The Morgan fingerprint density at radius 2 is 2.38 bits per heavy atom. The zero-order valence-corrected chi connectivity index (χ0v) is 9.22. The number of carbonyl (C=O) groups excluding carboxylic acids is 1. The second-order valence-electron chi connectivity index (χ2n) is 4.10. The summed E-state index contributed by atoms with van der Waals surface area (Å²) in [5.41, 5.74) is 0.629. The molecule has 1 heterocycles. The molecule has 1 amide bonds. The van der Waals surface area contributed by atoms with Gasteiger partial charge in [0.1, 0.15) is 5.82 Å². The number of nitrogens with one attached hydrogen (secondary N) is 2. The number of carbonyl (C=O) groups is 1. The first kappa shape index (κ1) is 11.1. The third-order valence-electron chi connectivity index (χ3n) is 2.83. The lowest BCUT2D eigenvalue weighted by Crippen LogP contribution is -2.36. The summed E-state index contributed by atoms with van der Waals surface area (Å²) in [4.78, 5) is 11.8. The van der Waals surface area contributed by atoms with Gasteiger partial charge in [-0.25, -0.2) is 4.39 Å². The van der Waals surface area contributed by atoms with Crippen molar-refractivity contribution in [1.29, 1.82) is 0 Å². The molecule has 1 fully saturated rings. The fourth-order valence-corrected chi connectivity index (χ4v) is 1.86. The van der Waals surface area contributed by atoms with E-state index in [9.17, 15) is 9.18 Å². The highest BCUT2D eigenvalue weighted by Crippen LogP contribution is 2.12. The average molecular weight is 222 g/mol.